The van der Waals surface area contributed by atoms with E-state index in [0.717, 1.165) is 17.0 Å². The van der Waals surface area contributed by atoms with Crippen LogP contribution in [0.4, 0.5) is 0 Å². The van der Waals surface area contributed by atoms with Gasteiger partial charge in [0.1, 0.15) is 5.76 Å². The third-order valence-corrected chi connectivity index (χ3v) is 2.62. The Morgan fingerprint density at radius 3 is 2.62 bits per heavy atom. The van der Waals surface area contributed by atoms with Crippen molar-refractivity contribution in [3.8, 4) is 0 Å². The molecule has 5 nitrogen and oxygen atoms in total. The van der Waals surface area contributed by atoms with Crippen LogP contribution in [0.1, 0.15) is 23.9 Å². The van der Waals surface area contributed by atoms with E-state index >= 15 is 0 Å². The van der Waals surface area contributed by atoms with Gasteiger partial charge in [-0.3, -0.25) is 4.79 Å². The molecule has 16 heavy (non-hydrogen) atoms. The van der Waals surface area contributed by atoms with E-state index in [2.05, 4.69) is 5.16 Å². The molecule has 0 saturated carbocycles. The summed E-state index contributed by atoms with van der Waals surface area (Å²) in [5, 5.41) is 12.7. The average Bonchev–Trinajstić information content (AvgIpc) is 2.49. The summed E-state index contributed by atoms with van der Waals surface area (Å²) < 4.78 is 5.06. The topological polar surface area (TPSA) is 66.6 Å². The number of carboxylic acid groups (broad SMARTS) is 1. The van der Waals surface area contributed by atoms with E-state index in [4.69, 9.17) is 9.63 Å². The van der Waals surface area contributed by atoms with Crippen LogP contribution >= 0.6 is 0 Å². The molecule has 0 aliphatic carbocycles. The second-order valence-electron chi connectivity index (χ2n) is 4.24. The molecular weight excluding hydrogens is 208 g/mol. The van der Waals surface area contributed by atoms with Gasteiger partial charge in [-0.25, -0.2) is 0 Å². The standard InChI is InChI=1S/C11H18N2O3/c1-7(11(14)15)5-13(4)6-10-8(2)12-16-9(10)3/h7H,5-6H2,1-4H3,(H,14,15). The van der Waals surface area contributed by atoms with E-state index in [1.807, 2.05) is 25.8 Å². The van der Waals surface area contributed by atoms with Crippen LogP contribution in [0.25, 0.3) is 0 Å². The van der Waals surface area contributed by atoms with Gasteiger partial charge in [0.15, 0.2) is 0 Å². The zero-order valence-corrected chi connectivity index (χ0v) is 10.1. The van der Waals surface area contributed by atoms with Gasteiger partial charge in [-0.1, -0.05) is 12.1 Å². The Hall–Kier alpha value is -1.36. The summed E-state index contributed by atoms with van der Waals surface area (Å²) in [5.41, 5.74) is 1.91. The van der Waals surface area contributed by atoms with E-state index in [0.29, 0.717) is 13.1 Å². The molecule has 90 valence electrons. The van der Waals surface area contributed by atoms with Crippen LogP contribution in [-0.2, 0) is 11.3 Å². The summed E-state index contributed by atoms with van der Waals surface area (Å²) in [6.07, 6.45) is 0. The number of aliphatic carboxylic acids is 1. The maximum absolute atomic E-state index is 10.7. The highest BCUT2D eigenvalue weighted by Gasteiger charge is 2.16. The maximum atomic E-state index is 10.7. The number of aryl methyl sites for hydroxylation is 2. The first kappa shape index (κ1) is 12.7. The Bertz CT molecular complexity index is 354. The van der Waals surface area contributed by atoms with Crippen molar-refractivity contribution in [2.45, 2.75) is 27.3 Å². The number of rotatable bonds is 5. The SMILES string of the molecule is Cc1noc(C)c1CN(C)CC(C)C(=O)O. The molecule has 5 heteroatoms. The highest BCUT2D eigenvalue weighted by atomic mass is 16.5. The molecule has 1 atom stereocenters. The molecule has 1 unspecified atom stereocenters. The monoisotopic (exact) mass is 226 g/mol. The van der Waals surface area contributed by atoms with Gasteiger partial charge in [0, 0.05) is 18.7 Å². The largest absolute Gasteiger partial charge is 0.481 e. The Kier molecular flexibility index (Phi) is 4.06. The Labute approximate surface area is 95.0 Å². The van der Waals surface area contributed by atoms with Gasteiger partial charge in [0.05, 0.1) is 11.6 Å². The minimum absolute atomic E-state index is 0.370. The predicted octanol–water partition coefficient (Wildman–Crippen LogP) is 1.44. The molecule has 0 fully saturated rings. The lowest BCUT2D eigenvalue weighted by Gasteiger charge is -2.18. The first-order valence-corrected chi connectivity index (χ1v) is 5.25. The van der Waals surface area contributed by atoms with Gasteiger partial charge >= 0.3 is 5.97 Å². The van der Waals surface area contributed by atoms with Crippen LogP contribution in [0.2, 0.25) is 0 Å². The zero-order chi connectivity index (χ0) is 12.3. The van der Waals surface area contributed by atoms with Gasteiger partial charge < -0.3 is 14.5 Å². The summed E-state index contributed by atoms with van der Waals surface area (Å²) in [6.45, 7) is 6.63. The van der Waals surface area contributed by atoms with Crippen LogP contribution < -0.4 is 0 Å². The van der Waals surface area contributed by atoms with Gasteiger partial charge in [0.25, 0.3) is 0 Å². The van der Waals surface area contributed by atoms with Crippen LogP contribution in [0, 0.1) is 19.8 Å². The summed E-state index contributed by atoms with van der Waals surface area (Å²) in [6, 6.07) is 0. The number of carbonyl (C=O) groups is 1. The fourth-order valence-corrected chi connectivity index (χ4v) is 1.61. The van der Waals surface area contributed by atoms with Crippen LogP contribution in [-0.4, -0.2) is 34.7 Å². The quantitative estimate of drug-likeness (QED) is 0.823. The lowest BCUT2D eigenvalue weighted by molar-refractivity contribution is -0.141. The molecule has 0 amide bonds. The highest BCUT2D eigenvalue weighted by Crippen LogP contribution is 2.14. The van der Waals surface area contributed by atoms with Crippen molar-refractivity contribution in [1.82, 2.24) is 10.1 Å². The molecule has 0 aliphatic heterocycles. The smallest absolute Gasteiger partial charge is 0.307 e. The molecule has 0 saturated heterocycles. The maximum Gasteiger partial charge on any atom is 0.307 e. The molecular formula is C11H18N2O3. The number of hydrogen-bond donors (Lipinski definition) is 1. The third kappa shape index (κ3) is 3.06. The first-order chi connectivity index (χ1) is 7.41. The van der Waals surface area contributed by atoms with Crippen molar-refractivity contribution < 1.29 is 14.4 Å². The highest BCUT2D eigenvalue weighted by molar-refractivity contribution is 5.69. The lowest BCUT2D eigenvalue weighted by atomic mass is 10.1. The van der Waals surface area contributed by atoms with Crippen LogP contribution in [0.5, 0.6) is 0 Å². The second kappa shape index (κ2) is 5.12. The summed E-state index contributed by atoms with van der Waals surface area (Å²) in [5.74, 6) is -0.344. The molecule has 1 heterocycles. The van der Waals surface area contributed by atoms with Gasteiger partial charge in [-0.2, -0.15) is 0 Å². The second-order valence-corrected chi connectivity index (χ2v) is 4.24. The van der Waals surface area contributed by atoms with Crippen LogP contribution in [0.3, 0.4) is 0 Å². The number of aromatic nitrogens is 1. The molecule has 0 radical (unpaired) electrons. The molecule has 1 rings (SSSR count). The van der Waals surface area contributed by atoms with Gasteiger partial charge in [-0.05, 0) is 20.9 Å². The molecule has 0 spiro atoms. The Morgan fingerprint density at radius 1 is 1.56 bits per heavy atom. The predicted molar refractivity (Wildman–Crippen MR) is 59.1 cm³/mol. The zero-order valence-electron chi connectivity index (χ0n) is 10.1. The van der Waals surface area contributed by atoms with E-state index in [-0.39, 0.29) is 5.92 Å². The van der Waals surface area contributed by atoms with Gasteiger partial charge in [0.2, 0.25) is 0 Å². The van der Waals surface area contributed by atoms with Crippen molar-refractivity contribution >= 4 is 5.97 Å². The molecule has 1 aromatic rings. The summed E-state index contributed by atoms with van der Waals surface area (Å²) in [7, 11) is 1.89. The Morgan fingerprint density at radius 2 is 2.19 bits per heavy atom. The van der Waals surface area contributed by atoms with Crippen molar-refractivity contribution in [2.75, 3.05) is 13.6 Å². The van der Waals surface area contributed by atoms with Crippen molar-refractivity contribution in [3.63, 3.8) is 0 Å². The molecule has 0 aliphatic rings. The lowest BCUT2D eigenvalue weighted by Crippen LogP contribution is -2.28. The summed E-state index contributed by atoms with van der Waals surface area (Å²) >= 11 is 0. The number of hydrogen-bond acceptors (Lipinski definition) is 4. The van der Waals surface area contributed by atoms with E-state index in [1.165, 1.54) is 0 Å². The first-order valence-electron chi connectivity index (χ1n) is 5.25. The fraction of sp³-hybridized carbons (Fsp3) is 0.636. The van der Waals surface area contributed by atoms with Crippen LogP contribution in [0.15, 0.2) is 4.52 Å². The minimum Gasteiger partial charge on any atom is -0.481 e. The molecule has 0 aromatic carbocycles. The third-order valence-electron chi connectivity index (χ3n) is 2.62. The van der Waals surface area contributed by atoms with Crippen molar-refractivity contribution in [3.05, 3.63) is 17.0 Å². The van der Waals surface area contributed by atoms with Crippen molar-refractivity contribution in [1.29, 1.82) is 0 Å². The number of carboxylic acids is 1. The van der Waals surface area contributed by atoms with E-state index < -0.39 is 5.97 Å². The fourth-order valence-electron chi connectivity index (χ4n) is 1.61. The normalized spacial score (nSPS) is 13.1. The molecule has 1 aromatic heterocycles. The molecule has 0 bridgehead atoms. The van der Waals surface area contributed by atoms with Crippen molar-refractivity contribution in [2.24, 2.45) is 5.92 Å². The Balaban J connectivity index is 2.58. The van der Waals surface area contributed by atoms with E-state index in [9.17, 15) is 4.79 Å². The van der Waals surface area contributed by atoms with Gasteiger partial charge in [-0.15, -0.1) is 0 Å². The molecule has 1 N–H and O–H groups in total. The number of nitrogens with zero attached hydrogens (tertiary/aromatic N) is 2. The summed E-state index contributed by atoms with van der Waals surface area (Å²) in [4.78, 5) is 12.7. The average molecular weight is 226 g/mol. The van der Waals surface area contributed by atoms with E-state index in [1.54, 1.807) is 6.92 Å². The minimum atomic E-state index is -0.773.